The van der Waals surface area contributed by atoms with Crippen molar-refractivity contribution in [1.82, 2.24) is 5.32 Å². The highest BCUT2D eigenvalue weighted by Gasteiger charge is 2.23. The van der Waals surface area contributed by atoms with Gasteiger partial charge in [-0.3, -0.25) is 18.6 Å². The highest BCUT2D eigenvalue weighted by Crippen LogP contribution is 2.42. The molecule has 0 aromatic rings. The lowest BCUT2D eigenvalue weighted by Gasteiger charge is -2.15. The Balaban J connectivity index is 3.64. The SMILES string of the molecule is CCC/C=C\CCCCCCCC(=O)OCC(O)COP(=O)(O)OCCNC(=O)CCCCCCCCCCCCCC. The average molecular weight is 634 g/mol. The lowest BCUT2D eigenvalue weighted by atomic mass is 10.0. The Morgan fingerprint density at radius 1 is 0.698 bits per heavy atom. The molecule has 2 atom stereocenters. The number of carbonyl (C=O) groups is 2. The third-order valence-electron chi connectivity index (χ3n) is 7.18. The molecule has 10 heteroatoms. The van der Waals surface area contributed by atoms with Crippen LogP contribution >= 0.6 is 7.82 Å². The number of hydrogen-bond donors (Lipinski definition) is 3. The smallest absolute Gasteiger partial charge is 0.463 e. The molecule has 0 saturated heterocycles. The molecule has 0 aliphatic rings. The van der Waals surface area contributed by atoms with Crippen LogP contribution in [0.1, 0.15) is 155 Å². The van der Waals surface area contributed by atoms with Gasteiger partial charge in [0.2, 0.25) is 5.91 Å². The van der Waals surface area contributed by atoms with Crippen LogP contribution in [0.2, 0.25) is 0 Å². The van der Waals surface area contributed by atoms with Crippen LogP contribution in [0.5, 0.6) is 0 Å². The zero-order valence-corrected chi connectivity index (χ0v) is 28.3. The Kier molecular flexibility index (Phi) is 29.9. The van der Waals surface area contributed by atoms with Crippen LogP contribution in [0, 0.1) is 0 Å². The fourth-order valence-electron chi connectivity index (χ4n) is 4.56. The van der Waals surface area contributed by atoms with Crippen LogP contribution in [0.3, 0.4) is 0 Å². The molecule has 0 heterocycles. The second kappa shape index (κ2) is 30.8. The molecular weight excluding hydrogens is 569 g/mol. The van der Waals surface area contributed by atoms with Gasteiger partial charge in [-0.2, -0.15) is 0 Å². The average Bonchev–Trinajstić information content (AvgIpc) is 2.98. The number of allylic oxidation sites excluding steroid dienone is 2. The van der Waals surface area contributed by atoms with Crippen LogP contribution in [0.4, 0.5) is 0 Å². The second-order valence-electron chi connectivity index (χ2n) is 11.5. The first-order valence-electron chi connectivity index (χ1n) is 17.2. The van der Waals surface area contributed by atoms with Crippen molar-refractivity contribution in [2.45, 2.75) is 161 Å². The molecule has 0 spiro atoms. The molecule has 0 radical (unpaired) electrons. The molecule has 254 valence electrons. The van der Waals surface area contributed by atoms with Gasteiger partial charge in [0.1, 0.15) is 12.7 Å². The summed E-state index contributed by atoms with van der Waals surface area (Å²) in [6.45, 7) is 3.46. The van der Waals surface area contributed by atoms with Crippen molar-refractivity contribution in [1.29, 1.82) is 0 Å². The van der Waals surface area contributed by atoms with Crippen molar-refractivity contribution in [3.8, 4) is 0 Å². The lowest BCUT2D eigenvalue weighted by Crippen LogP contribution is -2.27. The number of esters is 1. The van der Waals surface area contributed by atoms with E-state index in [0.29, 0.717) is 6.42 Å². The first kappa shape index (κ1) is 41.8. The number of phosphoric acid groups is 1. The third kappa shape index (κ3) is 32.0. The number of aliphatic hydroxyl groups is 1. The van der Waals surface area contributed by atoms with Gasteiger partial charge in [-0.25, -0.2) is 4.57 Å². The van der Waals surface area contributed by atoms with Crippen molar-refractivity contribution >= 4 is 19.7 Å². The van der Waals surface area contributed by atoms with Gasteiger partial charge in [-0.15, -0.1) is 0 Å². The van der Waals surface area contributed by atoms with E-state index >= 15 is 0 Å². The van der Waals surface area contributed by atoms with Crippen LogP contribution in [0.25, 0.3) is 0 Å². The number of aliphatic hydroxyl groups excluding tert-OH is 1. The number of unbranched alkanes of at least 4 members (excludes halogenated alkanes) is 17. The van der Waals surface area contributed by atoms with E-state index in [2.05, 4.69) is 31.3 Å². The van der Waals surface area contributed by atoms with Crippen molar-refractivity contribution in [3.63, 3.8) is 0 Å². The van der Waals surface area contributed by atoms with E-state index in [4.69, 9.17) is 13.8 Å². The van der Waals surface area contributed by atoms with Gasteiger partial charge >= 0.3 is 13.8 Å². The van der Waals surface area contributed by atoms with Crippen molar-refractivity contribution in [2.75, 3.05) is 26.4 Å². The van der Waals surface area contributed by atoms with Crippen molar-refractivity contribution < 1.29 is 37.9 Å². The van der Waals surface area contributed by atoms with Crippen LogP contribution in [-0.4, -0.2) is 54.3 Å². The first-order valence-corrected chi connectivity index (χ1v) is 18.7. The second-order valence-corrected chi connectivity index (χ2v) is 12.9. The fourth-order valence-corrected chi connectivity index (χ4v) is 5.31. The molecule has 43 heavy (non-hydrogen) atoms. The number of amides is 1. The van der Waals surface area contributed by atoms with Gasteiger partial charge in [0.05, 0.1) is 13.2 Å². The predicted molar refractivity (Wildman–Crippen MR) is 174 cm³/mol. The molecule has 0 saturated carbocycles. The van der Waals surface area contributed by atoms with Gasteiger partial charge in [0, 0.05) is 19.4 Å². The van der Waals surface area contributed by atoms with Crippen LogP contribution in [-0.2, 0) is 27.9 Å². The maximum Gasteiger partial charge on any atom is 0.472 e. The van der Waals surface area contributed by atoms with E-state index in [0.717, 1.165) is 64.2 Å². The summed E-state index contributed by atoms with van der Waals surface area (Å²) in [5.74, 6) is -0.527. The Morgan fingerprint density at radius 2 is 1.23 bits per heavy atom. The van der Waals surface area contributed by atoms with Crippen LogP contribution in [0.15, 0.2) is 12.2 Å². The summed E-state index contributed by atoms with van der Waals surface area (Å²) in [4.78, 5) is 33.6. The zero-order valence-electron chi connectivity index (χ0n) is 27.4. The van der Waals surface area contributed by atoms with E-state index in [-0.39, 0.29) is 32.1 Å². The summed E-state index contributed by atoms with van der Waals surface area (Å²) < 4.78 is 26.6. The van der Waals surface area contributed by atoms with Gasteiger partial charge in [-0.1, -0.05) is 122 Å². The molecule has 0 aromatic heterocycles. The topological polar surface area (TPSA) is 131 Å². The molecule has 2 unspecified atom stereocenters. The number of carbonyl (C=O) groups excluding carboxylic acids is 2. The molecule has 0 aromatic carbocycles. The number of rotatable bonds is 32. The zero-order chi connectivity index (χ0) is 31.9. The van der Waals surface area contributed by atoms with E-state index in [1.807, 2.05) is 0 Å². The number of hydrogen-bond acceptors (Lipinski definition) is 7. The molecule has 0 aliphatic carbocycles. The highest BCUT2D eigenvalue weighted by molar-refractivity contribution is 7.47. The van der Waals surface area contributed by atoms with E-state index in [1.165, 1.54) is 64.2 Å². The Morgan fingerprint density at radius 3 is 1.84 bits per heavy atom. The van der Waals surface area contributed by atoms with Crippen molar-refractivity contribution in [2.24, 2.45) is 0 Å². The Hall–Kier alpha value is -1.25. The monoisotopic (exact) mass is 633 g/mol. The fraction of sp³-hybridized carbons (Fsp3) is 0.879. The first-order chi connectivity index (χ1) is 20.8. The van der Waals surface area contributed by atoms with Gasteiger partial charge in [-0.05, 0) is 32.1 Å². The van der Waals surface area contributed by atoms with E-state index < -0.39 is 26.5 Å². The highest BCUT2D eigenvalue weighted by atomic mass is 31.2. The molecule has 1 amide bonds. The van der Waals surface area contributed by atoms with E-state index in [9.17, 15) is 24.2 Å². The van der Waals surface area contributed by atoms with Gasteiger partial charge < -0.3 is 20.1 Å². The largest absolute Gasteiger partial charge is 0.472 e. The number of phosphoric ester groups is 1. The summed E-state index contributed by atoms with van der Waals surface area (Å²) in [7, 11) is -4.40. The Bertz CT molecular complexity index is 734. The van der Waals surface area contributed by atoms with E-state index in [1.54, 1.807) is 0 Å². The maximum absolute atomic E-state index is 12.0. The predicted octanol–water partition coefficient (Wildman–Crippen LogP) is 8.32. The summed E-state index contributed by atoms with van der Waals surface area (Å²) in [5.41, 5.74) is 0. The summed E-state index contributed by atoms with van der Waals surface area (Å²) in [5, 5.41) is 12.6. The normalized spacial score (nSPS) is 13.7. The maximum atomic E-state index is 12.0. The number of nitrogens with one attached hydrogen (secondary N) is 1. The minimum atomic E-state index is -4.40. The minimum absolute atomic E-state index is 0.0845. The quantitative estimate of drug-likeness (QED) is 0.0292. The molecular formula is C33H64NO8P. The van der Waals surface area contributed by atoms with Crippen LogP contribution < -0.4 is 5.32 Å². The minimum Gasteiger partial charge on any atom is -0.463 e. The molecule has 0 aliphatic heterocycles. The Labute approximate surface area is 262 Å². The standard InChI is InChI=1S/C33H64NO8P/c1-3-5-7-9-11-13-15-16-17-19-21-23-25-32(36)34-27-28-41-43(38,39)42-30-31(35)29-40-33(37)26-24-22-20-18-14-12-10-8-6-4-2/h8,10,31,35H,3-7,9,11-30H2,1-2H3,(H,34,36)(H,38,39)/b10-8-. The summed E-state index contributed by atoms with van der Waals surface area (Å²) >= 11 is 0. The third-order valence-corrected chi connectivity index (χ3v) is 8.16. The van der Waals surface area contributed by atoms with Gasteiger partial charge in [0.25, 0.3) is 0 Å². The lowest BCUT2D eigenvalue weighted by molar-refractivity contribution is -0.147. The number of ether oxygens (including phenoxy) is 1. The molecule has 3 N–H and O–H groups in total. The molecule has 0 rings (SSSR count). The molecule has 9 nitrogen and oxygen atoms in total. The summed E-state index contributed by atoms with van der Waals surface area (Å²) in [6, 6.07) is 0. The van der Waals surface area contributed by atoms with Crippen molar-refractivity contribution in [3.05, 3.63) is 12.2 Å². The summed E-state index contributed by atoms with van der Waals surface area (Å²) in [6.07, 6.45) is 27.2. The molecule has 0 bridgehead atoms. The van der Waals surface area contributed by atoms with Gasteiger partial charge in [0.15, 0.2) is 0 Å². The molecule has 0 fully saturated rings.